The Morgan fingerprint density at radius 2 is 2.00 bits per heavy atom. The monoisotopic (exact) mass is 287 g/mol. The average molecular weight is 287 g/mol. The lowest BCUT2D eigenvalue weighted by Crippen LogP contribution is -2.47. The number of esters is 1. The van der Waals surface area contributed by atoms with Crippen LogP contribution in [0.3, 0.4) is 0 Å². The zero-order valence-electron chi connectivity index (χ0n) is 12.2. The smallest absolute Gasteiger partial charge is 0.410 e. The molecule has 114 valence electrons. The van der Waals surface area contributed by atoms with Crippen LogP contribution in [0.15, 0.2) is 0 Å². The number of nitrogens with zero attached hydrogens (tertiary/aromatic N) is 1. The van der Waals surface area contributed by atoms with E-state index < -0.39 is 42.0 Å². The molecule has 0 spiro atoms. The minimum atomic E-state index is -0.798. The lowest BCUT2D eigenvalue weighted by atomic mass is 10.1. The standard InChI is InChI=1S/C13H21NO6/c1-7(15)19-9-6-18-11-8(16)5-14(10(9)11)12(17)20-13(2,3)4/h8-11,16H,5-6H2,1-4H3/t8-,9+,10-,11?/m1/s1. The highest BCUT2D eigenvalue weighted by atomic mass is 16.6. The maximum absolute atomic E-state index is 12.2. The van der Waals surface area contributed by atoms with Crippen molar-refractivity contribution in [2.24, 2.45) is 0 Å². The van der Waals surface area contributed by atoms with Crippen molar-refractivity contribution in [3.8, 4) is 0 Å². The van der Waals surface area contributed by atoms with Gasteiger partial charge < -0.3 is 19.3 Å². The highest BCUT2D eigenvalue weighted by Gasteiger charge is 2.54. The maximum atomic E-state index is 12.2. The van der Waals surface area contributed by atoms with E-state index >= 15 is 0 Å². The van der Waals surface area contributed by atoms with Gasteiger partial charge in [-0.1, -0.05) is 0 Å². The van der Waals surface area contributed by atoms with Crippen LogP contribution >= 0.6 is 0 Å². The van der Waals surface area contributed by atoms with Gasteiger partial charge in [-0.2, -0.15) is 0 Å². The van der Waals surface area contributed by atoms with Crippen LogP contribution < -0.4 is 0 Å². The molecule has 2 saturated heterocycles. The topological polar surface area (TPSA) is 85.3 Å². The van der Waals surface area contributed by atoms with E-state index in [9.17, 15) is 14.7 Å². The lowest BCUT2D eigenvalue weighted by molar-refractivity contribution is -0.148. The number of rotatable bonds is 1. The second-order valence-electron chi connectivity index (χ2n) is 6.14. The number of fused-ring (bicyclic) bond motifs is 1. The van der Waals surface area contributed by atoms with Crippen molar-refractivity contribution < 1.29 is 28.9 Å². The molecule has 0 saturated carbocycles. The first-order valence-electron chi connectivity index (χ1n) is 6.65. The van der Waals surface area contributed by atoms with Gasteiger partial charge in [0.05, 0.1) is 13.2 Å². The molecule has 0 aromatic heterocycles. The van der Waals surface area contributed by atoms with Crippen LogP contribution in [-0.2, 0) is 19.0 Å². The molecule has 7 nitrogen and oxygen atoms in total. The predicted molar refractivity (Wildman–Crippen MR) is 68.0 cm³/mol. The lowest BCUT2D eigenvalue weighted by Gasteiger charge is -2.29. The van der Waals surface area contributed by atoms with Crippen molar-refractivity contribution in [1.29, 1.82) is 0 Å². The minimum absolute atomic E-state index is 0.113. The number of hydrogen-bond acceptors (Lipinski definition) is 6. The number of aliphatic hydroxyl groups is 1. The van der Waals surface area contributed by atoms with Crippen LogP contribution in [0.25, 0.3) is 0 Å². The molecule has 2 aliphatic rings. The molecular weight excluding hydrogens is 266 g/mol. The van der Waals surface area contributed by atoms with Crippen LogP contribution in [0, 0.1) is 0 Å². The van der Waals surface area contributed by atoms with Crippen LogP contribution in [0.1, 0.15) is 27.7 Å². The summed E-state index contributed by atoms with van der Waals surface area (Å²) >= 11 is 0. The number of carbonyl (C=O) groups is 2. The summed E-state index contributed by atoms with van der Waals surface area (Å²) in [7, 11) is 0. The van der Waals surface area contributed by atoms with Crippen LogP contribution in [0.4, 0.5) is 4.79 Å². The summed E-state index contributed by atoms with van der Waals surface area (Å²) in [5.74, 6) is -0.440. The van der Waals surface area contributed by atoms with Gasteiger partial charge in [0.1, 0.15) is 30.0 Å². The zero-order chi connectivity index (χ0) is 15.1. The molecule has 1 amide bonds. The molecule has 2 heterocycles. The molecule has 2 aliphatic heterocycles. The van der Waals surface area contributed by atoms with Gasteiger partial charge in [0.15, 0.2) is 0 Å². The molecule has 0 aromatic rings. The summed E-state index contributed by atoms with van der Waals surface area (Å²) in [4.78, 5) is 24.7. The minimum Gasteiger partial charge on any atom is -0.458 e. The molecule has 1 N–H and O–H groups in total. The summed E-state index contributed by atoms with van der Waals surface area (Å²) in [6.07, 6.45) is -2.44. The third-order valence-electron chi connectivity index (χ3n) is 3.24. The van der Waals surface area contributed by atoms with Gasteiger partial charge in [-0.25, -0.2) is 4.79 Å². The molecule has 4 atom stereocenters. The van der Waals surface area contributed by atoms with Crippen molar-refractivity contribution in [1.82, 2.24) is 4.90 Å². The molecule has 0 aromatic carbocycles. The Bertz CT molecular complexity index is 404. The van der Waals surface area contributed by atoms with E-state index in [1.807, 2.05) is 0 Å². The number of aliphatic hydroxyl groups excluding tert-OH is 1. The zero-order valence-corrected chi connectivity index (χ0v) is 12.2. The molecule has 7 heteroatoms. The summed E-state index contributed by atoms with van der Waals surface area (Å²) in [6, 6.07) is -0.497. The summed E-state index contributed by atoms with van der Waals surface area (Å²) < 4.78 is 15.9. The second kappa shape index (κ2) is 5.21. The fourth-order valence-electron chi connectivity index (χ4n) is 2.59. The van der Waals surface area contributed by atoms with E-state index in [0.717, 1.165) is 0 Å². The van der Waals surface area contributed by atoms with Crippen molar-refractivity contribution in [3.63, 3.8) is 0 Å². The van der Waals surface area contributed by atoms with Crippen molar-refractivity contribution >= 4 is 12.1 Å². The first-order valence-corrected chi connectivity index (χ1v) is 6.65. The number of ether oxygens (including phenoxy) is 3. The van der Waals surface area contributed by atoms with E-state index in [2.05, 4.69) is 0 Å². The fourth-order valence-corrected chi connectivity index (χ4v) is 2.59. The van der Waals surface area contributed by atoms with E-state index in [-0.39, 0.29) is 13.2 Å². The van der Waals surface area contributed by atoms with Gasteiger partial charge >= 0.3 is 12.1 Å². The second-order valence-corrected chi connectivity index (χ2v) is 6.14. The van der Waals surface area contributed by atoms with Crippen molar-refractivity contribution in [2.45, 2.75) is 57.6 Å². The summed E-state index contributed by atoms with van der Waals surface area (Å²) in [5, 5.41) is 9.95. The Kier molecular flexibility index (Phi) is 3.93. The first-order chi connectivity index (χ1) is 9.19. The maximum Gasteiger partial charge on any atom is 0.410 e. The average Bonchev–Trinajstić information content (AvgIpc) is 2.79. The number of carbonyl (C=O) groups excluding carboxylic acids is 2. The van der Waals surface area contributed by atoms with Gasteiger partial charge in [-0.15, -0.1) is 0 Å². The van der Waals surface area contributed by atoms with Crippen LogP contribution in [0.5, 0.6) is 0 Å². The van der Waals surface area contributed by atoms with E-state index in [1.165, 1.54) is 11.8 Å². The Labute approximate surface area is 117 Å². The molecule has 2 fully saturated rings. The SMILES string of the molecule is CC(=O)O[C@H]1COC2[C@H](O)CN(C(=O)OC(C)(C)C)[C@@H]21. The van der Waals surface area contributed by atoms with Crippen LogP contribution in [0.2, 0.25) is 0 Å². The molecule has 0 radical (unpaired) electrons. The van der Waals surface area contributed by atoms with Gasteiger partial charge in [0, 0.05) is 6.92 Å². The van der Waals surface area contributed by atoms with Gasteiger partial charge in [0.25, 0.3) is 0 Å². The first kappa shape index (κ1) is 15.1. The normalized spacial score (nSPS) is 33.0. The highest BCUT2D eigenvalue weighted by Crippen LogP contribution is 2.32. The summed E-state index contributed by atoms with van der Waals surface area (Å²) in [6.45, 7) is 6.89. The number of likely N-dealkylation sites (tertiary alicyclic amines) is 1. The highest BCUT2D eigenvalue weighted by molar-refractivity contribution is 5.70. The molecule has 2 rings (SSSR count). The number of hydrogen-bond donors (Lipinski definition) is 1. The molecule has 20 heavy (non-hydrogen) atoms. The molecule has 0 aliphatic carbocycles. The van der Waals surface area contributed by atoms with Crippen molar-refractivity contribution in [2.75, 3.05) is 13.2 Å². The Morgan fingerprint density at radius 1 is 1.35 bits per heavy atom. The predicted octanol–water partition coefficient (Wildman–Crippen LogP) is 0.297. The third kappa shape index (κ3) is 3.04. The van der Waals surface area contributed by atoms with Gasteiger partial charge in [-0.05, 0) is 20.8 Å². The Balaban J connectivity index is 2.12. The quantitative estimate of drug-likeness (QED) is 0.698. The van der Waals surface area contributed by atoms with E-state index in [4.69, 9.17) is 14.2 Å². The van der Waals surface area contributed by atoms with Gasteiger partial charge in [0.2, 0.25) is 0 Å². The Hall–Kier alpha value is -1.34. The molecular formula is C13H21NO6. The van der Waals surface area contributed by atoms with E-state index in [1.54, 1.807) is 20.8 Å². The molecule has 0 bridgehead atoms. The summed E-state index contributed by atoms with van der Waals surface area (Å²) in [5.41, 5.74) is -0.628. The van der Waals surface area contributed by atoms with Gasteiger partial charge in [-0.3, -0.25) is 9.69 Å². The van der Waals surface area contributed by atoms with Crippen molar-refractivity contribution in [3.05, 3.63) is 0 Å². The third-order valence-corrected chi connectivity index (χ3v) is 3.24. The number of β-amino-alcohol motifs (C(OH)–C–C–N with tert-alkyl or cyclic N) is 1. The largest absolute Gasteiger partial charge is 0.458 e. The fraction of sp³-hybridized carbons (Fsp3) is 0.846. The number of amides is 1. The molecule has 1 unspecified atom stereocenters. The Morgan fingerprint density at radius 3 is 2.55 bits per heavy atom. The van der Waals surface area contributed by atoms with Crippen LogP contribution in [-0.4, -0.2) is 65.2 Å². The van der Waals surface area contributed by atoms with E-state index in [0.29, 0.717) is 0 Å².